The third-order valence-electron chi connectivity index (χ3n) is 5.62. The average Bonchev–Trinajstić information content (AvgIpc) is 2.86. The molecule has 0 unspecified atom stereocenters. The average molecular weight is 508 g/mol. The van der Waals surface area contributed by atoms with E-state index in [1.54, 1.807) is 29.2 Å². The van der Waals surface area contributed by atoms with Crippen molar-refractivity contribution in [2.45, 2.75) is 39.1 Å². The van der Waals surface area contributed by atoms with Crippen LogP contribution in [0.2, 0.25) is 0 Å². The molecule has 11 heteroatoms. The largest absolute Gasteiger partial charge is 0.543 e. The van der Waals surface area contributed by atoms with Crippen LogP contribution in [0.4, 0.5) is 0 Å². The van der Waals surface area contributed by atoms with Gasteiger partial charge < -0.3 is 29.6 Å². The quantitative estimate of drug-likeness (QED) is 0.304. The monoisotopic (exact) mass is 507 g/mol. The lowest BCUT2D eigenvalue weighted by atomic mass is 10.0. The Morgan fingerprint density at radius 3 is 2.29 bits per heavy atom. The number of ether oxygens (including phenoxy) is 2. The van der Waals surface area contributed by atoms with Gasteiger partial charge in [-0.3, -0.25) is 19.3 Å². The van der Waals surface area contributed by atoms with E-state index < -0.39 is 35.2 Å². The maximum Gasteiger partial charge on any atom is 0.302 e. The number of benzene rings is 1. The Balaban J connectivity index is 0.000000540. The van der Waals surface area contributed by atoms with Crippen LogP contribution in [-0.2, 0) is 23.9 Å². The number of hydrogen-bond acceptors (Lipinski definition) is 8. The Morgan fingerprint density at radius 2 is 1.77 bits per heavy atom. The topological polar surface area (TPSA) is 130 Å². The van der Waals surface area contributed by atoms with Crippen molar-refractivity contribution >= 4 is 35.5 Å². The van der Waals surface area contributed by atoms with Gasteiger partial charge in [0, 0.05) is 18.2 Å². The second kappa shape index (κ2) is 13.7. The number of aliphatic carboxylic acids is 1. The van der Waals surface area contributed by atoms with Crippen LogP contribution in [0.3, 0.4) is 0 Å². The Hall–Kier alpha value is -3.05. The zero-order chi connectivity index (χ0) is 26.0. The van der Waals surface area contributed by atoms with Gasteiger partial charge >= 0.3 is 5.97 Å². The first-order valence-corrected chi connectivity index (χ1v) is 12.6. The number of rotatable bonds is 10. The Kier molecular flexibility index (Phi) is 11.1. The molecule has 10 nitrogen and oxygen atoms in total. The minimum absolute atomic E-state index is 0.232. The van der Waals surface area contributed by atoms with E-state index >= 15 is 0 Å². The standard InChI is InChI=1S/C18H18N2O7S.C6H15N/c1-10(21)26-7-11-9-28-17-14(16(23)20(17)15(11)18(24)25)19-13(22)8-27-12-5-3-2-4-6-12;1-4-7(5-2)6-3/h2-6,14,17H,7-9H2,1H3,(H,19,22)(H,24,25);4-6H2,1-3H3/t14-,17+;/m0./s1. The molecule has 192 valence electrons. The van der Waals surface area contributed by atoms with Crippen molar-refractivity contribution in [2.75, 3.05) is 38.6 Å². The minimum atomic E-state index is -1.53. The number of amides is 2. The van der Waals surface area contributed by atoms with E-state index in [2.05, 4.69) is 26.1 Å². The Labute approximate surface area is 209 Å². The summed E-state index contributed by atoms with van der Waals surface area (Å²) in [4.78, 5) is 49.7. The maximum atomic E-state index is 12.4. The van der Waals surface area contributed by atoms with Crippen molar-refractivity contribution < 1.29 is 38.7 Å². The third-order valence-corrected chi connectivity index (χ3v) is 6.96. The fourth-order valence-corrected chi connectivity index (χ4v) is 4.93. The third kappa shape index (κ3) is 7.72. The Bertz CT molecular complexity index is 929. The van der Waals surface area contributed by atoms with Gasteiger partial charge in [-0.15, -0.1) is 11.8 Å². The number of nitrogens with one attached hydrogen (secondary N) is 2. The van der Waals surface area contributed by atoms with Crippen molar-refractivity contribution in [1.29, 1.82) is 0 Å². The predicted molar refractivity (Wildman–Crippen MR) is 128 cm³/mol. The molecule has 0 bridgehead atoms. The first-order valence-electron chi connectivity index (χ1n) is 11.6. The number of β-lactam (4-membered cyclic amide) rings is 1. The van der Waals surface area contributed by atoms with Gasteiger partial charge in [0.05, 0.1) is 31.3 Å². The molecule has 0 saturated carbocycles. The molecule has 2 N–H and O–H groups in total. The molecule has 3 rings (SSSR count). The molecule has 1 fully saturated rings. The number of para-hydroxylation sites is 1. The van der Waals surface area contributed by atoms with Crippen LogP contribution >= 0.6 is 11.8 Å². The summed E-state index contributed by atoms with van der Waals surface area (Å²) in [5.74, 6) is -2.40. The summed E-state index contributed by atoms with van der Waals surface area (Å²) in [5.41, 5.74) is -0.0250. The Morgan fingerprint density at radius 1 is 1.14 bits per heavy atom. The molecular formula is C24H33N3O7S. The number of fused-ring (bicyclic) bond motifs is 1. The van der Waals surface area contributed by atoms with Crippen LogP contribution in [0, 0.1) is 0 Å². The number of quaternary nitrogens is 1. The molecule has 2 atom stereocenters. The van der Waals surface area contributed by atoms with Gasteiger partial charge in [-0.1, -0.05) is 18.2 Å². The predicted octanol–water partition coefficient (Wildman–Crippen LogP) is -1.04. The molecule has 2 heterocycles. The highest BCUT2D eigenvalue weighted by Crippen LogP contribution is 2.40. The van der Waals surface area contributed by atoms with Crippen LogP contribution in [0.15, 0.2) is 41.6 Å². The van der Waals surface area contributed by atoms with Gasteiger partial charge in [0.25, 0.3) is 11.8 Å². The van der Waals surface area contributed by atoms with E-state index in [-0.39, 0.29) is 30.2 Å². The summed E-state index contributed by atoms with van der Waals surface area (Å²) in [7, 11) is 0. The summed E-state index contributed by atoms with van der Waals surface area (Å²) in [6.45, 7) is 11.2. The zero-order valence-corrected chi connectivity index (χ0v) is 21.3. The minimum Gasteiger partial charge on any atom is -0.543 e. The lowest BCUT2D eigenvalue weighted by Crippen LogP contribution is -3.11. The molecule has 1 saturated heterocycles. The number of carboxylic acid groups (broad SMARTS) is 1. The highest BCUT2D eigenvalue weighted by atomic mass is 32.2. The van der Waals surface area contributed by atoms with Crippen LogP contribution < -0.4 is 20.1 Å². The second-order valence-corrected chi connectivity index (χ2v) is 8.99. The molecule has 2 aliphatic rings. The van der Waals surface area contributed by atoms with Crippen molar-refractivity contribution in [2.24, 2.45) is 0 Å². The lowest BCUT2D eigenvalue weighted by molar-refractivity contribution is -0.894. The molecular weight excluding hydrogens is 474 g/mol. The van der Waals surface area contributed by atoms with Crippen molar-refractivity contribution in [3.63, 3.8) is 0 Å². The fraction of sp³-hybridized carbons (Fsp3) is 0.500. The fourth-order valence-electron chi connectivity index (χ4n) is 3.60. The lowest BCUT2D eigenvalue weighted by Gasteiger charge is -2.50. The molecule has 0 aromatic heterocycles. The first kappa shape index (κ1) is 28.2. The zero-order valence-electron chi connectivity index (χ0n) is 20.5. The van der Waals surface area contributed by atoms with E-state index in [0.717, 1.165) is 4.90 Å². The van der Waals surface area contributed by atoms with Crippen molar-refractivity contribution in [1.82, 2.24) is 10.2 Å². The first-order chi connectivity index (χ1) is 16.7. The summed E-state index contributed by atoms with van der Waals surface area (Å²) >= 11 is 1.27. The van der Waals surface area contributed by atoms with Gasteiger partial charge in [-0.2, -0.15) is 0 Å². The van der Waals surface area contributed by atoms with Gasteiger partial charge in [0.2, 0.25) is 0 Å². The summed E-state index contributed by atoms with van der Waals surface area (Å²) in [6.07, 6.45) is 0. The van der Waals surface area contributed by atoms with Crippen molar-refractivity contribution in [3.05, 3.63) is 41.6 Å². The molecule has 0 spiro atoms. The smallest absolute Gasteiger partial charge is 0.302 e. The van der Waals surface area contributed by atoms with Gasteiger partial charge in [-0.05, 0) is 32.9 Å². The number of esters is 1. The molecule has 2 aliphatic heterocycles. The van der Waals surface area contributed by atoms with Gasteiger partial charge in [-0.25, -0.2) is 0 Å². The van der Waals surface area contributed by atoms with Crippen LogP contribution in [-0.4, -0.2) is 78.7 Å². The molecule has 0 aliphatic carbocycles. The highest BCUT2D eigenvalue weighted by molar-refractivity contribution is 8.00. The molecule has 35 heavy (non-hydrogen) atoms. The highest BCUT2D eigenvalue weighted by Gasteiger charge is 2.52. The SMILES string of the molecule is CC(=O)OCC1=C(C(=O)[O-])N2C(=O)[C@H](NC(=O)COc3ccccc3)[C@H]2SC1.CC[NH+](CC)CC. The van der Waals surface area contributed by atoms with Gasteiger partial charge in [0.1, 0.15) is 23.8 Å². The van der Waals surface area contributed by atoms with Crippen LogP contribution in [0.5, 0.6) is 5.75 Å². The van der Waals surface area contributed by atoms with Crippen LogP contribution in [0.25, 0.3) is 0 Å². The molecule has 2 amide bonds. The molecule has 1 aromatic carbocycles. The van der Waals surface area contributed by atoms with E-state index in [1.807, 2.05) is 6.07 Å². The summed E-state index contributed by atoms with van der Waals surface area (Å²) < 4.78 is 10.2. The summed E-state index contributed by atoms with van der Waals surface area (Å²) in [6, 6.07) is 7.87. The van der Waals surface area contributed by atoms with E-state index in [9.17, 15) is 24.3 Å². The number of thioether (sulfide) groups is 1. The molecule has 0 radical (unpaired) electrons. The van der Waals surface area contributed by atoms with E-state index in [4.69, 9.17) is 9.47 Å². The normalized spacial score (nSPS) is 18.7. The summed E-state index contributed by atoms with van der Waals surface area (Å²) in [5, 5.41) is 13.5. The number of carbonyl (C=O) groups is 4. The second-order valence-electron chi connectivity index (χ2n) is 7.89. The number of carbonyl (C=O) groups excluding carboxylic acids is 4. The number of carboxylic acids is 1. The maximum absolute atomic E-state index is 12.4. The van der Waals surface area contributed by atoms with E-state index in [0.29, 0.717) is 5.75 Å². The van der Waals surface area contributed by atoms with Crippen LogP contribution in [0.1, 0.15) is 27.7 Å². The number of nitrogens with zero attached hydrogens (tertiary/aromatic N) is 1. The van der Waals surface area contributed by atoms with E-state index in [1.165, 1.54) is 38.3 Å². The van der Waals surface area contributed by atoms with Crippen molar-refractivity contribution in [3.8, 4) is 5.75 Å². The van der Waals surface area contributed by atoms with Gasteiger partial charge in [0.15, 0.2) is 6.61 Å². The molecule has 1 aromatic rings. The number of hydrogen-bond donors (Lipinski definition) is 2.